The second-order valence-electron chi connectivity index (χ2n) is 8.29. The van der Waals surface area contributed by atoms with Crippen LogP contribution in [0, 0.1) is 5.92 Å². The number of likely N-dealkylation sites (tertiary alicyclic amines) is 1. The standard InChI is InChI=1S/C26H28N2O6/c1-2-33-23-15-28(14-21(23)25(30)31)24(29)12-7-13-27-26(32)34-16-22-19-10-5-3-8-17(19)18-9-4-6-11-20(18)22/h3-12,21-23H,2,13-16H2,1H3,(H,27,32)(H,30,31)/b12-7+. The van der Waals surface area contributed by atoms with E-state index < -0.39 is 24.1 Å². The van der Waals surface area contributed by atoms with Gasteiger partial charge in [-0.05, 0) is 29.2 Å². The SMILES string of the molecule is CCOC1CN(C(=O)/C=C/CNC(=O)OCC2c3ccccc3-c3ccccc32)CC1C(=O)O. The highest BCUT2D eigenvalue weighted by Crippen LogP contribution is 2.44. The normalized spacial score (nSPS) is 19.1. The molecule has 0 spiro atoms. The van der Waals surface area contributed by atoms with Crippen molar-refractivity contribution in [1.82, 2.24) is 10.2 Å². The number of ether oxygens (including phenoxy) is 2. The molecule has 0 radical (unpaired) electrons. The van der Waals surface area contributed by atoms with Crippen LogP contribution in [-0.2, 0) is 19.1 Å². The van der Waals surface area contributed by atoms with Gasteiger partial charge in [-0.2, -0.15) is 0 Å². The summed E-state index contributed by atoms with van der Waals surface area (Å²) in [5.41, 5.74) is 4.59. The van der Waals surface area contributed by atoms with E-state index in [1.54, 1.807) is 6.92 Å². The van der Waals surface area contributed by atoms with Crippen LogP contribution < -0.4 is 5.32 Å². The molecule has 1 aliphatic heterocycles. The number of carbonyl (C=O) groups excluding carboxylic acids is 2. The molecule has 8 nitrogen and oxygen atoms in total. The maximum absolute atomic E-state index is 12.4. The lowest BCUT2D eigenvalue weighted by Gasteiger charge is -2.15. The van der Waals surface area contributed by atoms with E-state index in [-0.39, 0.29) is 38.1 Å². The van der Waals surface area contributed by atoms with Crippen LogP contribution in [0.25, 0.3) is 11.1 Å². The number of carboxylic acid groups (broad SMARTS) is 1. The van der Waals surface area contributed by atoms with E-state index in [0.29, 0.717) is 6.61 Å². The van der Waals surface area contributed by atoms with E-state index in [4.69, 9.17) is 9.47 Å². The number of fused-ring (bicyclic) bond motifs is 3. The lowest BCUT2D eigenvalue weighted by molar-refractivity contribution is -0.145. The van der Waals surface area contributed by atoms with Crippen LogP contribution in [0.1, 0.15) is 24.0 Å². The molecule has 2 unspecified atom stereocenters. The van der Waals surface area contributed by atoms with Crippen LogP contribution in [0.3, 0.4) is 0 Å². The molecule has 2 N–H and O–H groups in total. The first kappa shape index (κ1) is 23.5. The molecule has 0 saturated carbocycles. The van der Waals surface area contributed by atoms with Crippen LogP contribution in [-0.4, -0.2) is 66.9 Å². The summed E-state index contributed by atoms with van der Waals surface area (Å²) < 4.78 is 10.9. The second kappa shape index (κ2) is 10.5. The van der Waals surface area contributed by atoms with E-state index in [0.717, 1.165) is 22.3 Å². The number of hydrogen-bond acceptors (Lipinski definition) is 5. The van der Waals surface area contributed by atoms with E-state index in [9.17, 15) is 19.5 Å². The average Bonchev–Trinajstić information content (AvgIpc) is 3.40. The van der Waals surface area contributed by atoms with Gasteiger partial charge >= 0.3 is 12.1 Å². The predicted molar refractivity (Wildman–Crippen MR) is 125 cm³/mol. The Bertz CT molecular complexity index is 1050. The van der Waals surface area contributed by atoms with Gasteiger partial charge in [0.15, 0.2) is 0 Å². The molecule has 1 saturated heterocycles. The van der Waals surface area contributed by atoms with Gasteiger partial charge in [0.05, 0.1) is 6.10 Å². The van der Waals surface area contributed by atoms with Crippen molar-refractivity contribution in [2.24, 2.45) is 5.92 Å². The third-order valence-corrected chi connectivity index (χ3v) is 6.24. The summed E-state index contributed by atoms with van der Waals surface area (Å²) >= 11 is 0. The smallest absolute Gasteiger partial charge is 0.407 e. The van der Waals surface area contributed by atoms with Crippen LogP contribution in [0.2, 0.25) is 0 Å². The highest BCUT2D eigenvalue weighted by atomic mass is 16.5. The van der Waals surface area contributed by atoms with Crippen molar-refractivity contribution in [3.8, 4) is 11.1 Å². The number of rotatable bonds is 8. The molecule has 1 aliphatic carbocycles. The van der Waals surface area contributed by atoms with E-state index in [2.05, 4.69) is 29.6 Å². The fourth-order valence-electron chi connectivity index (χ4n) is 4.63. The van der Waals surface area contributed by atoms with Gasteiger partial charge < -0.3 is 24.8 Å². The van der Waals surface area contributed by atoms with Crippen LogP contribution in [0.15, 0.2) is 60.7 Å². The van der Waals surface area contributed by atoms with Crippen molar-refractivity contribution < 1.29 is 29.0 Å². The van der Waals surface area contributed by atoms with Crippen LogP contribution >= 0.6 is 0 Å². The Balaban J connectivity index is 1.25. The van der Waals surface area contributed by atoms with Crippen molar-refractivity contribution in [2.45, 2.75) is 18.9 Å². The summed E-state index contributed by atoms with van der Waals surface area (Å²) in [7, 11) is 0. The molecule has 8 heteroatoms. The van der Waals surface area contributed by atoms with Gasteiger partial charge in [-0.1, -0.05) is 54.6 Å². The van der Waals surface area contributed by atoms with Crippen molar-refractivity contribution in [3.05, 3.63) is 71.8 Å². The number of carboxylic acids is 1. The number of alkyl carbamates (subject to hydrolysis) is 1. The minimum absolute atomic E-state index is 0.0223. The molecule has 0 aromatic heterocycles. The Labute approximate surface area is 198 Å². The minimum Gasteiger partial charge on any atom is -0.481 e. The molecule has 1 fully saturated rings. The largest absolute Gasteiger partial charge is 0.481 e. The summed E-state index contributed by atoms with van der Waals surface area (Å²) in [4.78, 5) is 37.4. The van der Waals surface area contributed by atoms with Gasteiger partial charge in [-0.25, -0.2) is 4.79 Å². The fraction of sp³-hybridized carbons (Fsp3) is 0.346. The van der Waals surface area contributed by atoms with Crippen molar-refractivity contribution in [2.75, 3.05) is 32.8 Å². The van der Waals surface area contributed by atoms with Crippen LogP contribution in [0.5, 0.6) is 0 Å². The lowest BCUT2D eigenvalue weighted by Crippen LogP contribution is -2.29. The van der Waals surface area contributed by atoms with Gasteiger partial charge in [0, 0.05) is 38.2 Å². The summed E-state index contributed by atoms with van der Waals surface area (Å²) in [5, 5.41) is 11.9. The summed E-state index contributed by atoms with van der Waals surface area (Å²) in [6.07, 6.45) is 1.77. The Morgan fingerprint density at radius 2 is 1.71 bits per heavy atom. The molecule has 1 heterocycles. The number of amides is 2. The molecule has 2 aromatic rings. The maximum Gasteiger partial charge on any atom is 0.407 e. The first-order valence-corrected chi connectivity index (χ1v) is 11.4. The molecular weight excluding hydrogens is 436 g/mol. The fourth-order valence-corrected chi connectivity index (χ4v) is 4.63. The lowest BCUT2D eigenvalue weighted by atomic mass is 9.98. The quantitative estimate of drug-likeness (QED) is 0.582. The maximum atomic E-state index is 12.4. The third kappa shape index (κ3) is 4.97. The summed E-state index contributed by atoms with van der Waals surface area (Å²) in [6.45, 7) is 2.84. The molecule has 2 atom stereocenters. The topological polar surface area (TPSA) is 105 Å². The third-order valence-electron chi connectivity index (χ3n) is 6.24. The number of aliphatic carboxylic acids is 1. The zero-order valence-corrected chi connectivity index (χ0v) is 19.0. The Kier molecular flexibility index (Phi) is 7.27. The van der Waals surface area contributed by atoms with Crippen molar-refractivity contribution in [1.29, 1.82) is 0 Å². The van der Waals surface area contributed by atoms with E-state index in [1.807, 2.05) is 24.3 Å². The second-order valence-corrected chi connectivity index (χ2v) is 8.29. The van der Waals surface area contributed by atoms with E-state index in [1.165, 1.54) is 17.1 Å². The monoisotopic (exact) mass is 464 g/mol. The van der Waals surface area contributed by atoms with Gasteiger partial charge in [0.25, 0.3) is 0 Å². The highest BCUT2D eigenvalue weighted by molar-refractivity contribution is 5.88. The van der Waals surface area contributed by atoms with Gasteiger partial charge in [-0.15, -0.1) is 0 Å². The van der Waals surface area contributed by atoms with E-state index >= 15 is 0 Å². The molecular formula is C26H28N2O6. The van der Waals surface area contributed by atoms with Crippen molar-refractivity contribution >= 4 is 18.0 Å². The van der Waals surface area contributed by atoms with Crippen molar-refractivity contribution in [3.63, 3.8) is 0 Å². The minimum atomic E-state index is -0.977. The zero-order chi connectivity index (χ0) is 24.1. The van der Waals surface area contributed by atoms with Gasteiger partial charge in [0.1, 0.15) is 12.5 Å². The Hall–Kier alpha value is -3.65. The molecule has 34 heavy (non-hydrogen) atoms. The highest BCUT2D eigenvalue weighted by Gasteiger charge is 2.39. The zero-order valence-electron chi connectivity index (χ0n) is 19.0. The van der Waals surface area contributed by atoms with Gasteiger partial charge in [-0.3, -0.25) is 9.59 Å². The van der Waals surface area contributed by atoms with Gasteiger partial charge in [0.2, 0.25) is 5.91 Å². The van der Waals surface area contributed by atoms with Crippen LogP contribution in [0.4, 0.5) is 4.79 Å². The average molecular weight is 465 g/mol. The Morgan fingerprint density at radius 3 is 2.32 bits per heavy atom. The molecule has 0 bridgehead atoms. The molecule has 178 valence electrons. The number of nitrogens with zero attached hydrogens (tertiary/aromatic N) is 1. The molecule has 4 rings (SSSR count). The first-order valence-electron chi connectivity index (χ1n) is 11.4. The summed E-state index contributed by atoms with van der Waals surface area (Å²) in [6, 6.07) is 16.2. The first-order chi connectivity index (χ1) is 16.5. The predicted octanol–water partition coefficient (Wildman–Crippen LogP) is 3.03. The molecule has 2 amide bonds. The number of hydrogen-bond donors (Lipinski definition) is 2. The Morgan fingerprint density at radius 1 is 1.06 bits per heavy atom. The molecule has 2 aliphatic rings. The summed E-state index contributed by atoms with van der Waals surface area (Å²) in [5.74, 6) is -2.06. The number of carbonyl (C=O) groups is 3. The molecule has 2 aromatic carbocycles. The number of benzene rings is 2. The number of nitrogens with one attached hydrogen (secondary N) is 1.